The number of hydrogen-bond donors (Lipinski definition) is 1. The van der Waals surface area contributed by atoms with Gasteiger partial charge >= 0.3 is 0 Å². The van der Waals surface area contributed by atoms with Crippen molar-refractivity contribution in [1.82, 2.24) is 9.97 Å². The van der Waals surface area contributed by atoms with Crippen molar-refractivity contribution in [2.75, 3.05) is 5.73 Å². The fraction of sp³-hybridized carbons (Fsp3) is 0.333. The highest BCUT2D eigenvalue weighted by Gasteiger charge is 2.16. The fourth-order valence-electron chi connectivity index (χ4n) is 3.89. The molecule has 1 heterocycles. The van der Waals surface area contributed by atoms with E-state index in [0.717, 1.165) is 28.5 Å². The molecule has 0 aliphatic heterocycles. The number of fused-ring (bicyclic) bond motifs is 1. The van der Waals surface area contributed by atoms with Crippen molar-refractivity contribution in [3.8, 4) is 11.1 Å². The molecule has 0 aliphatic carbocycles. The Morgan fingerprint density at radius 1 is 1.11 bits per heavy atom. The maximum absolute atomic E-state index is 6.13. The smallest absolute Gasteiger partial charge is 0.224 e. The van der Waals surface area contributed by atoms with Gasteiger partial charge in [0.1, 0.15) is 5.82 Å². The Balaban J connectivity index is 2.23. The number of allylic oxidation sites excluding steroid dienone is 2. The third-order valence-corrected chi connectivity index (χ3v) is 5.56. The number of rotatable bonds is 4. The molecule has 0 radical (unpaired) electrons. The summed E-state index contributed by atoms with van der Waals surface area (Å²) in [5.41, 5.74) is 15.5. The predicted octanol–water partition coefficient (Wildman–Crippen LogP) is 6.92. The van der Waals surface area contributed by atoms with Crippen LogP contribution in [-0.4, -0.2) is 9.97 Å². The van der Waals surface area contributed by atoms with Gasteiger partial charge in [-0.15, -0.1) is 0 Å². The van der Waals surface area contributed by atoms with Gasteiger partial charge in [0.2, 0.25) is 5.28 Å². The van der Waals surface area contributed by atoms with E-state index in [1.807, 2.05) is 6.07 Å². The van der Waals surface area contributed by atoms with Crippen LogP contribution in [0.2, 0.25) is 5.28 Å². The van der Waals surface area contributed by atoms with Crippen LogP contribution < -0.4 is 5.73 Å². The van der Waals surface area contributed by atoms with Gasteiger partial charge in [0.25, 0.3) is 0 Å². The van der Waals surface area contributed by atoms with Gasteiger partial charge in [-0.25, -0.2) is 9.97 Å². The van der Waals surface area contributed by atoms with Crippen LogP contribution in [0.1, 0.15) is 55.4 Å². The number of anilines is 1. The molecule has 0 aliphatic rings. The number of nitrogen functional groups attached to an aromatic ring is 1. The van der Waals surface area contributed by atoms with Gasteiger partial charge < -0.3 is 5.73 Å². The molecule has 0 fully saturated rings. The van der Waals surface area contributed by atoms with Gasteiger partial charge in [-0.3, -0.25) is 0 Å². The summed E-state index contributed by atoms with van der Waals surface area (Å²) < 4.78 is 0. The van der Waals surface area contributed by atoms with Gasteiger partial charge in [-0.2, -0.15) is 0 Å². The number of aromatic nitrogens is 2. The van der Waals surface area contributed by atoms with E-state index in [1.54, 1.807) is 0 Å². The Kier molecular flexibility index (Phi) is 5.76. The van der Waals surface area contributed by atoms with Crippen LogP contribution in [-0.2, 0) is 0 Å². The van der Waals surface area contributed by atoms with Crippen molar-refractivity contribution < 1.29 is 0 Å². The predicted molar refractivity (Wildman–Crippen MR) is 121 cm³/mol. The molecule has 0 bridgehead atoms. The SMILES string of the molecule is CC/C(C)=C\C(C)c1cc(C)c(-c2cc(C)cc3c(N)nc(Cl)nc23)c(C)c1. The summed E-state index contributed by atoms with van der Waals surface area (Å²) in [5, 5.41) is 1.02. The lowest BCUT2D eigenvalue weighted by atomic mass is 9.88. The Morgan fingerprint density at radius 3 is 2.36 bits per heavy atom. The summed E-state index contributed by atoms with van der Waals surface area (Å²) in [4.78, 5) is 8.63. The first-order valence-electron chi connectivity index (χ1n) is 9.73. The summed E-state index contributed by atoms with van der Waals surface area (Å²) in [5.74, 6) is 0.800. The van der Waals surface area contributed by atoms with Gasteiger partial charge in [0.05, 0.1) is 5.52 Å². The Morgan fingerprint density at radius 2 is 1.75 bits per heavy atom. The maximum atomic E-state index is 6.13. The molecule has 3 nitrogen and oxygen atoms in total. The topological polar surface area (TPSA) is 51.8 Å². The zero-order chi connectivity index (χ0) is 20.6. The van der Waals surface area contributed by atoms with E-state index in [0.29, 0.717) is 11.7 Å². The second kappa shape index (κ2) is 7.92. The van der Waals surface area contributed by atoms with Gasteiger partial charge in [0.15, 0.2) is 0 Å². The number of nitrogens with two attached hydrogens (primary N) is 1. The first-order valence-corrected chi connectivity index (χ1v) is 10.1. The molecule has 3 aromatic rings. The third-order valence-electron chi connectivity index (χ3n) is 5.39. The van der Waals surface area contributed by atoms with E-state index in [1.165, 1.54) is 27.8 Å². The molecule has 0 spiro atoms. The Hall–Kier alpha value is -2.39. The summed E-state index contributed by atoms with van der Waals surface area (Å²) in [6, 6.07) is 8.74. The molecule has 146 valence electrons. The van der Waals surface area contributed by atoms with E-state index >= 15 is 0 Å². The molecule has 1 unspecified atom stereocenters. The van der Waals surface area contributed by atoms with E-state index in [2.05, 4.69) is 75.8 Å². The van der Waals surface area contributed by atoms with E-state index < -0.39 is 0 Å². The third kappa shape index (κ3) is 3.90. The van der Waals surface area contributed by atoms with E-state index in [-0.39, 0.29) is 5.28 Å². The van der Waals surface area contributed by atoms with E-state index in [4.69, 9.17) is 17.3 Å². The van der Waals surface area contributed by atoms with E-state index in [9.17, 15) is 0 Å². The second-order valence-corrected chi connectivity index (χ2v) is 8.11. The minimum atomic E-state index is 0.177. The lowest BCUT2D eigenvalue weighted by Gasteiger charge is -2.18. The number of benzene rings is 2. The molecule has 1 aromatic heterocycles. The quantitative estimate of drug-likeness (QED) is 0.386. The first kappa shape index (κ1) is 20.3. The van der Waals surface area contributed by atoms with Crippen LogP contribution >= 0.6 is 11.6 Å². The summed E-state index contributed by atoms with van der Waals surface area (Å²) >= 11 is 6.12. The number of hydrogen-bond acceptors (Lipinski definition) is 3. The summed E-state index contributed by atoms with van der Waals surface area (Å²) in [7, 11) is 0. The Bertz CT molecular complexity index is 1060. The lowest BCUT2D eigenvalue weighted by Crippen LogP contribution is -2.00. The van der Waals surface area contributed by atoms with Crippen LogP contribution in [0.3, 0.4) is 0 Å². The molecular formula is C24H28ClN3. The van der Waals surface area contributed by atoms with Gasteiger partial charge in [0, 0.05) is 10.9 Å². The monoisotopic (exact) mass is 393 g/mol. The average molecular weight is 394 g/mol. The second-order valence-electron chi connectivity index (χ2n) is 7.77. The molecular weight excluding hydrogens is 366 g/mol. The van der Waals surface area contributed by atoms with Crippen LogP contribution in [0.5, 0.6) is 0 Å². The minimum absolute atomic E-state index is 0.177. The van der Waals surface area contributed by atoms with Crippen molar-refractivity contribution in [2.24, 2.45) is 0 Å². The maximum Gasteiger partial charge on any atom is 0.224 e. The van der Waals surface area contributed by atoms with Crippen LogP contribution in [0.25, 0.3) is 22.0 Å². The summed E-state index contributed by atoms with van der Waals surface area (Å²) in [6.45, 7) is 13.0. The molecule has 3 rings (SSSR count). The van der Waals surface area contributed by atoms with Crippen molar-refractivity contribution in [3.05, 3.63) is 63.5 Å². The van der Waals surface area contributed by atoms with Crippen molar-refractivity contribution in [1.29, 1.82) is 0 Å². The molecule has 0 saturated carbocycles. The number of halogens is 1. The molecule has 2 N–H and O–H groups in total. The minimum Gasteiger partial charge on any atom is -0.383 e. The molecule has 28 heavy (non-hydrogen) atoms. The molecule has 0 amide bonds. The highest BCUT2D eigenvalue weighted by atomic mass is 35.5. The number of aryl methyl sites for hydroxylation is 3. The van der Waals surface area contributed by atoms with Crippen molar-refractivity contribution >= 4 is 28.3 Å². The first-order chi connectivity index (χ1) is 13.2. The normalized spacial score (nSPS) is 13.2. The van der Waals surface area contributed by atoms with Crippen molar-refractivity contribution in [3.63, 3.8) is 0 Å². The van der Waals surface area contributed by atoms with Crippen LogP contribution in [0.15, 0.2) is 35.9 Å². The molecule has 1 atom stereocenters. The van der Waals surface area contributed by atoms with Gasteiger partial charge in [-0.05, 0) is 91.6 Å². The highest BCUT2D eigenvalue weighted by molar-refractivity contribution is 6.29. The largest absolute Gasteiger partial charge is 0.383 e. The lowest BCUT2D eigenvalue weighted by molar-refractivity contribution is 0.928. The van der Waals surface area contributed by atoms with Crippen molar-refractivity contribution in [2.45, 2.75) is 53.9 Å². The molecule has 0 saturated heterocycles. The molecule has 4 heteroatoms. The van der Waals surface area contributed by atoms with Gasteiger partial charge in [-0.1, -0.05) is 37.6 Å². The number of nitrogens with zero attached hydrogens (tertiary/aromatic N) is 2. The highest BCUT2D eigenvalue weighted by Crippen LogP contribution is 2.37. The zero-order valence-electron chi connectivity index (χ0n) is 17.5. The molecule has 2 aromatic carbocycles. The standard InChI is InChI=1S/C24H28ClN3/c1-7-13(2)8-15(4)18-11-16(5)21(17(6)12-18)19-9-14(3)10-20-22(19)27-24(25)28-23(20)26/h8-12,15H,7H2,1-6H3,(H2,26,27,28)/b13-8-. The van der Waals surface area contributed by atoms with Crippen LogP contribution in [0.4, 0.5) is 5.82 Å². The zero-order valence-corrected chi connectivity index (χ0v) is 18.3. The van der Waals surface area contributed by atoms with Crippen LogP contribution in [0, 0.1) is 20.8 Å². The Labute approximate surface area is 172 Å². The average Bonchev–Trinajstić information content (AvgIpc) is 2.61. The fourth-order valence-corrected chi connectivity index (χ4v) is 4.06. The summed E-state index contributed by atoms with van der Waals surface area (Å²) in [6.07, 6.45) is 3.43.